The summed E-state index contributed by atoms with van der Waals surface area (Å²) < 4.78 is 5.63. The van der Waals surface area contributed by atoms with Crippen LogP contribution in [-0.2, 0) is 4.74 Å². The fourth-order valence-corrected chi connectivity index (χ4v) is 1.84. The summed E-state index contributed by atoms with van der Waals surface area (Å²) in [4.78, 5) is 2.43. The number of nitriles is 1. The van der Waals surface area contributed by atoms with Gasteiger partial charge >= 0.3 is 0 Å². The number of rotatable bonds is 4. The molecule has 80 valence electrons. The minimum atomic E-state index is 0.00742. The van der Waals surface area contributed by atoms with Gasteiger partial charge in [-0.3, -0.25) is 4.90 Å². The van der Waals surface area contributed by atoms with Gasteiger partial charge in [0.15, 0.2) is 0 Å². The largest absolute Gasteiger partial charge is 0.373 e. The average Bonchev–Trinajstić information content (AvgIpc) is 2.11. The molecule has 3 heteroatoms. The van der Waals surface area contributed by atoms with Crippen molar-refractivity contribution in [2.45, 2.75) is 38.7 Å². The number of hydrogen-bond donors (Lipinski definition) is 0. The van der Waals surface area contributed by atoms with Gasteiger partial charge in [-0.2, -0.15) is 5.26 Å². The summed E-state index contributed by atoms with van der Waals surface area (Å²) in [6, 6.07) is 2.18. The van der Waals surface area contributed by atoms with Crippen LogP contribution in [0.15, 0.2) is 0 Å². The van der Waals surface area contributed by atoms with Gasteiger partial charge in [0.2, 0.25) is 0 Å². The van der Waals surface area contributed by atoms with Crippen molar-refractivity contribution >= 4 is 0 Å². The zero-order valence-corrected chi connectivity index (χ0v) is 9.25. The molecule has 1 rings (SSSR count). The third-order valence-electron chi connectivity index (χ3n) is 2.52. The van der Waals surface area contributed by atoms with Crippen molar-refractivity contribution < 1.29 is 4.74 Å². The van der Waals surface area contributed by atoms with Crippen molar-refractivity contribution in [3.63, 3.8) is 0 Å². The van der Waals surface area contributed by atoms with Crippen molar-refractivity contribution in [2.24, 2.45) is 0 Å². The first kappa shape index (κ1) is 11.5. The summed E-state index contributed by atoms with van der Waals surface area (Å²) in [5.41, 5.74) is 0.00742. The molecule has 0 aromatic rings. The number of unbranched alkanes of at least 4 members (excludes halogenated alkanes) is 2. The summed E-state index contributed by atoms with van der Waals surface area (Å²) >= 11 is 0. The molecule has 1 heterocycles. The summed E-state index contributed by atoms with van der Waals surface area (Å²) in [5, 5.41) is 8.40. The van der Waals surface area contributed by atoms with Crippen molar-refractivity contribution in [3.8, 4) is 6.07 Å². The van der Waals surface area contributed by atoms with E-state index >= 15 is 0 Å². The summed E-state index contributed by atoms with van der Waals surface area (Å²) in [5.74, 6) is 0. The Bertz CT molecular complexity index is 208. The van der Waals surface area contributed by atoms with Crippen LogP contribution in [0.4, 0.5) is 0 Å². The van der Waals surface area contributed by atoms with E-state index in [4.69, 9.17) is 10.00 Å². The molecule has 0 aromatic carbocycles. The number of nitrogens with zero attached hydrogens (tertiary/aromatic N) is 2. The van der Waals surface area contributed by atoms with E-state index in [0.29, 0.717) is 6.42 Å². The molecule has 1 aliphatic heterocycles. The van der Waals surface area contributed by atoms with E-state index in [9.17, 15) is 0 Å². The molecule has 0 N–H and O–H groups in total. The molecule has 0 saturated carbocycles. The normalized spacial score (nSPS) is 21.8. The average molecular weight is 196 g/mol. The minimum absolute atomic E-state index is 0.00742. The van der Waals surface area contributed by atoms with Gasteiger partial charge in [-0.1, -0.05) is 0 Å². The van der Waals surface area contributed by atoms with Crippen molar-refractivity contribution in [2.75, 3.05) is 26.2 Å². The van der Waals surface area contributed by atoms with E-state index in [1.807, 2.05) is 0 Å². The first-order chi connectivity index (χ1) is 6.64. The van der Waals surface area contributed by atoms with E-state index in [1.54, 1.807) is 0 Å². The molecule has 0 spiro atoms. The second-order valence-corrected chi connectivity index (χ2v) is 4.50. The number of ether oxygens (including phenoxy) is 1. The van der Waals surface area contributed by atoms with Crippen LogP contribution >= 0.6 is 0 Å². The van der Waals surface area contributed by atoms with Gasteiger partial charge in [-0.25, -0.2) is 0 Å². The Morgan fingerprint density at radius 2 is 2.21 bits per heavy atom. The fourth-order valence-electron chi connectivity index (χ4n) is 1.84. The maximum atomic E-state index is 8.40. The van der Waals surface area contributed by atoms with E-state index in [1.165, 1.54) is 0 Å². The molecule has 0 aromatic heterocycles. The first-order valence-electron chi connectivity index (χ1n) is 5.37. The highest BCUT2D eigenvalue weighted by molar-refractivity contribution is 4.79. The van der Waals surface area contributed by atoms with Crippen LogP contribution in [-0.4, -0.2) is 36.7 Å². The van der Waals surface area contributed by atoms with Gasteiger partial charge in [0, 0.05) is 19.5 Å². The van der Waals surface area contributed by atoms with Crippen LogP contribution in [0.3, 0.4) is 0 Å². The lowest BCUT2D eigenvalue weighted by atomic mass is 10.1. The quantitative estimate of drug-likeness (QED) is 0.643. The summed E-state index contributed by atoms with van der Waals surface area (Å²) in [6.07, 6.45) is 2.84. The molecule has 14 heavy (non-hydrogen) atoms. The molecule has 3 nitrogen and oxygen atoms in total. The van der Waals surface area contributed by atoms with Gasteiger partial charge in [-0.05, 0) is 33.2 Å². The van der Waals surface area contributed by atoms with Gasteiger partial charge < -0.3 is 4.74 Å². The van der Waals surface area contributed by atoms with Gasteiger partial charge in [-0.15, -0.1) is 0 Å². The Balaban J connectivity index is 2.15. The molecule has 1 aliphatic rings. The van der Waals surface area contributed by atoms with Crippen LogP contribution in [0, 0.1) is 11.3 Å². The lowest BCUT2D eigenvalue weighted by Crippen LogP contribution is -2.48. The Morgan fingerprint density at radius 3 is 2.86 bits per heavy atom. The van der Waals surface area contributed by atoms with Crippen LogP contribution in [0.25, 0.3) is 0 Å². The molecule has 0 aliphatic carbocycles. The van der Waals surface area contributed by atoms with Crippen molar-refractivity contribution in [1.29, 1.82) is 5.26 Å². The Hall–Kier alpha value is -0.590. The molecule has 0 radical (unpaired) electrons. The number of morpholine rings is 1. The van der Waals surface area contributed by atoms with Gasteiger partial charge in [0.25, 0.3) is 0 Å². The summed E-state index contributed by atoms with van der Waals surface area (Å²) in [6.45, 7) is 8.26. The van der Waals surface area contributed by atoms with Crippen LogP contribution in [0.1, 0.15) is 33.1 Å². The highest BCUT2D eigenvalue weighted by Gasteiger charge is 2.26. The molecule has 1 fully saturated rings. The SMILES string of the molecule is CC1(C)CN(CCCCC#N)CCO1. The van der Waals surface area contributed by atoms with Crippen molar-refractivity contribution in [3.05, 3.63) is 0 Å². The molecule has 0 amide bonds. The van der Waals surface area contributed by atoms with Crippen LogP contribution in [0.2, 0.25) is 0 Å². The molecule has 0 unspecified atom stereocenters. The van der Waals surface area contributed by atoms with E-state index in [0.717, 1.165) is 39.1 Å². The van der Waals surface area contributed by atoms with Crippen LogP contribution < -0.4 is 0 Å². The van der Waals surface area contributed by atoms with E-state index in [-0.39, 0.29) is 5.60 Å². The predicted octanol–water partition coefficient (Wildman–Crippen LogP) is 1.79. The highest BCUT2D eigenvalue weighted by atomic mass is 16.5. The first-order valence-corrected chi connectivity index (χ1v) is 5.37. The van der Waals surface area contributed by atoms with E-state index in [2.05, 4.69) is 24.8 Å². The highest BCUT2D eigenvalue weighted by Crippen LogP contribution is 2.16. The predicted molar refractivity (Wildman–Crippen MR) is 55.9 cm³/mol. The third-order valence-corrected chi connectivity index (χ3v) is 2.52. The standard InChI is InChI=1S/C11H20N2O/c1-11(2)10-13(8-9-14-11)7-5-3-4-6-12/h3-5,7-10H2,1-2H3. The zero-order chi connectivity index (χ0) is 10.4. The molecule has 0 bridgehead atoms. The Kier molecular flexibility index (Phi) is 4.37. The number of hydrogen-bond acceptors (Lipinski definition) is 3. The lowest BCUT2D eigenvalue weighted by molar-refractivity contribution is -0.0860. The third kappa shape index (κ3) is 4.08. The molecule has 1 saturated heterocycles. The zero-order valence-electron chi connectivity index (χ0n) is 9.25. The van der Waals surface area contributed by atoms with Crippen LogP contribution in [0.5, 0.6) is 0 Å². The Labute approximate surface area is 86.6 Å². The molecule has 0 atom stereocenters. The monoisotopic (exact) mass is 196 g/mol. The molecular weight excluding hydrogens is 176 g/mol. The van der Waals surface area contributed by atoms with Crippen molar-refractivity contribution in [1.82, 2.24) is 4.90 Å². The Morgan fingerprint density at radius 1 is 1.43 bits per heavy atom. The maximum absolute atomic E-state index is 8.40. The second-order valence-electron chi connectivity index (χ2n) is 4.50. The minimum Gasteiger partial charge on any atom is -0.373 e. The van der Waals surface area contributed by atoms with Gasteiger partial charge in [0.05, 0.1) is 18.3 Å². The fraction of sp³-hybridized carbons (Fsp3) is 0.909. The molecular formula is C11H20N2O. The smallest absolute Gasteiger partial charge is 0.0753 e. The van der Waals surface area contributed by atoms with E-state index < -0.39 is 0 Å². The second kappa shape index (κ2) is 5.33. The van der Waals surface area contributed by atoms with Gasteiger partial charge in [0.1, 0.15) is 0 Å². The lowest BCUT2D eigenvalue weighted by Gasteiger charge is -2.38. The maximum Gasteiger partial charge on any atom is 0.0753 e. The topological polar surface area (TPSA) is 36.3 Å². The summed E-state index contributed by atoms with van der Waals surface area (Å²) in [7, 11) is 0.